The van der Waals surface area contributed by atoms with Gasteiger partial charge >= 0.3 is 0 Å². The zero-order chi connectivity index (χ0) is 19.0. The Kier molecular flexibility index (Phi) is 4.56. The fraction of sp³-hybridized carbons (Fsp3) is 0.0500. The molecule has 0 spiro atoms. The molecule has 1 amide bonds. The number of halogens is 2. The number of anilines is 1. The van der Waals surface area contributed by atoms with Crippen molar-refractivity contribution in [3.63, 3.8) is 0 Å². The first-order valence-electron chi connectivity index (χ1n) is 8.18. The maximum atomic E-state index is 12.6. The summed E-state index contributed by atoms with van der Waals surface area (Å²) in [7, 11) is 0. The summed E-state index contributed by atoms with van der Waals surface area (Å²) >= 11 is 12.0. The van der Waals surface area contributed by atoms with Crippen LogP contribution in [0.15, 0.2) is 61.1 Å². The fourth-order valence-electron chi connectivity index (χ4n) is 2.75. The summed E-state index contributed by atoms with van der Waals surface area (Å²) in [5, 5.41) is 3.70. The number of fused-ring (bicyclic) bond motifs is 1. The topological polar surface area (TPSA) is 59.3 Å². The molecule has 4 rings (SSSR count). The molecule has 4 aromatic rings. The van der Waals surface area contributed by atoms with Crippen LogP contribution in [-0.4, -0.2) is 20.3 Å². The van der Waals surface area contributed by atoms with Crippen molar-refractivity contribution in [1.29, 1.82) is 0 Å². The number of nitrogens with one attached hydrogen (secondary N) is 1. The van der Waals surface area contributed by atoms with Gasteiger partial charge < -0.3 is 5.32 Å². The monoisotopic (exact) mass is 396 g/mol. The number of hydrogen-bond donors (Lipinski definition) is 1. The van der Waals surface area contributed by atoms with Crippen LogP contribution in [-0.2, 0) is 0 Å². The number of benzene rings is 2. The van der Waals surface area contributed by atoms with E-state index in [4.69, 9.17) is 23.2 Å². The Balaban J connectivity index is 1.67. The Morgan fingerprint density at radius 2 is 2.00 bits per heavy atom. The molecule has 0 saturated carbocycles. The summed E-state index contributed by atoms with van der Waals surface area (Å²) in [6.07, 6.45) is 5.48. The lowest BCUT2D eigenvalue weighted by atomic mass is 10.1. The minimum Gasteiger partial charge on any atom is -0.322 e. The van der Waals surface area contributed by atoms with Gasteiger partial charge in [-0.25, -0.2) is 9.97 Å². The van der Waals surface area contributed by atoms with Gasteiger partial charge in [-0.15, -0.1) is 0 Å². The Bertz CT molecular complexity index is 1140. The first kappa shape index (κ1) is 17.5. The van der Waals surface area contributed by atoms with Gasteiger partial charge in [0.1, 0.15) is 0 Å². The third-order valence-corrected chi connectivity index (χ3v) is 4.74. The largest absolute Gasteiger partial charge is 0.322 e. The van der Waals surface area contributed by atoms with E-state index in [1.54, 1.807) is 24.4 Å². The molecule has 0 radical (unpaired) electrons. The molecule has 0 bridgehead atoms. The summed E-state index contributed by atoms with van der Waals surface area (Å²) in [4.78, 5) is 21.4. The van der Waals surface area contributed by atoms with Gasteiger partial charge in [0, 0.05) is 34.9 Å². The molecular weight excluding hydrogens is 383 g/mol. The van der Waals surface area contributed by atoms with E-state index in [2.05, 4.69) is 15.3 Å². The number of aryl methyl sites for hydroxylation is 1. The van der Waals surface area contributed by atoms with Gasteiger partial charge in [0.05, 0.1) is 16.3 Å². The van der Waals surface area contributed by atoms with Crippen molar-refractivity contribution in [2.24, 2.45) is 0 Å². The predicted molar refractivity (Wildman–Crippen MR) is 108 cm³/mol. The number of amides is 1. The number of carbonyl (C=O) groups is 1. The molecule has 0 atom stereocenters. The second-order valence-electron chi connectivity index (χ2n) is 6.06. The average Bonchev–Trinajstić information content (AvgIpc) is 3.07. The fourth-order valence-corrected chi connectivity index (χ4v) is 3.24. The number of nitrogens with zero attached hydrogens (tertiary/aromatic N) is 3. The second kappa shape index (κ2) is 7.02. The Hall–Kier alpha value is -2.89. The third-order valence-electron chi connectivity index (χ3n) is 4.19. The molecule has 2 heterocycles. The molecule has 0 fully saturated rings. The minimum absolute atomic E-state index is 0.298. The van der Waals surface area contributed by atoms with E-state index in [9.17, 15) is 4.79 Å². The highest BCUT2D eigenvalue weighted by atomic mass is 35.5. The third kappa shape index (κ3) is 3.52. The van der Waals surface area contributed by atoms with Crippen LogP contribution >= 0.6 is 23.2 Å². The Morgan fingerprint density at radius 1 is 1.15 bits per heavy atom. The van der Waals surface area contributed by atoms with Crippen molar-refractivity contribution in [2.75, 3.05) is 5.32 Å². The van der Waals surface area contributed by atoms with Crippen molar-refractivity contribution in [2.45, 2.75) is 6.92 Å². The van der Waals surface area contributed by atoms with Crippen LogP contribution in [0, 0.1) is 6.92 Å². The van der Waals surface area contributed by atoms with Crippen LogP contribution in [0.4, 0.5) is 5.69 Å². The molecule has 0 aliphatic heterocycles. The average molecular weight is 397 g/mol. The van der Waals surface area contributed by atoms with Crippen molar-refractivity contribution in [1.82, 2.24) is 14.4 Å². The molecule has 27 heavy (non-hydrogen) atoms. The number of hydrogen-bond acceptors (Lipinski definition) is 3. The number of carbonyl (C=O) groups excluding carboxylic acids is 1. The standard InChI is InChI=1S/C20H14Cl2N4O/c1-12-3-4-13(18-11-26-8-2-7-23-20(26)25-18)9-17(12)24-19(27)15-6-5-14(21)10-16(15)22/h2-11H,1H3,(H,24,27). The zero-order valence-corrected chi connectivity index (χ0v) is 15.8. The quantitative estimate of drug-likeness (QED) is 0.513. The van der Waals surface area contributed by atoms with Gasteiger partial charge in [0.25, 0.3) is 5.91 Å². The highest BCUT2D eigenvalue weighted by Crippen LogP contribution is 2.27. The number of rotatable bonds is 3. The second-order valence-corrected chi connectivity index (χ2v) is 6.90. The maximum absolute atomic E-state index is 12.6. The van der Waals surface area contributed by atoms with Gasteiger partial charge in [-0.1, -0.05) is 35.3 Å². The van der Waals surface area contributed by atoms with Gasteiger partial charge in [0.2, 0.25) is 5.78 Å². The van der Waals surface area contributed by atoms with Crippen LogP contribution in [0.25, 0.3) is 17.0 Å². The van der Waals surface area contributed by atoms with E-state index >= 15 is 0 Å². The molecule has 2 aromatic carbocycles. The maximum Gasteiger partial charge on any atom is 0.257 e. The first-order valence-corrected chi connectivity index (χ1v) is 8.94. The molecule has 1 N–H and O–H groups in total. The van der Waals surface area contributed by atoms with Crippen molar-refractivity contribution >= 4 is 40.6 Å². The van der Waals surface area contributed by atoms with Crippen molar-refractivity contribution in [3.8, 4) is 11.3 Å². The summed E-state index contributed by atoms with van der Waals surface area (Å²) < 4.78 is 1.85. The minimum atomic E-state index is -0.298. The van der Waals surface area contributed by atoms with Crippen LogP contribution in [0.1, 0.15) is 15.9 Å². The highest BCUT2D eigenvalue weighted by Gasteiger charge is 2.13. The smallest absolute Gasteiger partial charge is 0.257 e. The van der Waals surface area contributed by atoms with Crippen LogP contribution in [0.3, 0.4) is 0 Å². The highest BCUT2D eigenvalue weighted by molar-refractivity contribution is 6.37. The predicted octanol–water partition coefficient (Wildman–Crippen LogP) is 5.26. The van der Waals surface area contributed by atoms with Gasteiger partial charge in [-0.2, -0.15) is 0 Å². The molecule has 0 saturated heterocycles. The van der Waals surface area contributed by atoms with E-state index in [0.29, 0.717) is 27.1 Å². The molecule has 0 aliphatic carbocycles. The van der Waals surface area contributed by atoms with E-state index in [1.165, 1.54) is 0 Å². The summed E-state index contributed by atoms with van der Waals surface area (Å²) in [6.45, 7) is 1.92. The molecule has 5 nitrogen and oxygen atoms in total. The van der Waals surface area contributed by atoms with E-state index in [-0.39, 0.29) is 5.91 Å². The number of aromatic nitrogens is 3. The van der Waals surface area contributed by atoms with Crippen LogP contribution in [0.2, 0.25) is 10.0 Å². The van der Waals surface area contributed by atoms with Crippen molar-refractivity contribution in [3.05, 3.63) is 82.2 Å². The molecule has 134 valence electrons. The molecule has 0 unspecified atom stereocenters. The van der Waals surface area contributed by atoms with E-state index < -0.39 is 0 Å². The lowest BCUT2D eigenvalue weighted by Gasteiger charge is -2.11. The van der Waals surface area contributed by atoms with Crippen molar-refractivity contribution < 1.29 is 4.79 Å². The van der Waals surface area contributed by atoms with E-state index in [1.807, 2.05) is 48.0 Å². The Labute approximate surface area is 165 Å². The summed E-state index contributed by atoms with van der Waals surface area (Å²) in [5.74, 6) is 0.320. The molecule has 0 aliphatic rings. The lowest BCUT2D eigenvalue weighted by Crippen LogP contribution is -2.13. The zero-order valence-electron chi connectivity index (χ0n) is 14.3. The SMILES string of the molecule is Cc1ccc(-c2cn3cccnc3n2)cc1NC(=O)c1ccc(Cl)cc1Cl. The lowest BCUT2D eigenvalue weighted by molar-refractivity contribution is 0.102. The van der Waals surface area contributed by atoms with Crippen LogP contribution < -0.4 is 5.32 Å². The van der Waals surface area contributed by atoms with Crippen LogP contribution in [0.5, 0.6) is 0 Å². The summed E-state index contributed by atoms with van der Waals surface area (Å²) in [6, 6.07) is 12.4. The van der Waals surface area contributed by atoms with E-state index in [0.717, 1.165) is 16.8 Å². The van der Waals surface area contributed by atoms with Gasteiger partial charge in [-0.3, -0.25) is 9.20 Å². The Morgan fingerprint density at radius 3 is 2.78 bits per heavy atom. The number of imidazole rings is 1. The molecule has 7 heteroatoms. The molecular formula is C20H14Cl2N4O. The molecule has 2 aromatic heterocycles. The van der Waals surface area contributed by atoms with Gasteiger partial charge in [0.15, 0.2) is 0 Å². The van der Waals surface area contributed by atoms with Gasteiger partial charge in [-0.05, 0) is 42.8 Å². The normalized spacial score (nSPS) is 10.9. The first-order chi connectivity index (χ1) is 13.0. The summed E-state index contributed by atoms with van der Waals surface area (Å²) in [5.41, 5.74) is 3.63.